The summed E-state index contributed by atoms with van der Waals surface area (Å²) < 4.78 is 4.96. The standard InChI is InChI=1S/C21H20N2O4/c1-2-27-21(26)15-7-9-16(10-8-15)23-19(24)13-18(20(23)25)22-12-11-14-5-3-4-6-17(14)22/h3-10,18H,2,11-13H2,1H3. The van der Waals surface area contributed by atoms with Gasteiger partial charge in [-0.3, -0.25) is 9.59 Å². The van der Waals surface area contributed by atoms with Crippen molar-refractivity contribution < 1.29 is 19.1 Å². The van der Waals surface area contributed by atoms with Crippen molar-refractivity contribution in [2.75, 3.05) is 23.0 Å². The predicted molar refractivity (Wildman–Crippen MR) is 101 cm³/mol. The van der Waals surface area contributed by atoms with Crippen LogP contribution < -0.4 is 9.80 Å². The molecule has 138 valence electrons. The minimum Gasteiger partial charge on any atom is -0.462 e. The summed E-state index contributed by atoms with van der Waals surface area (Å²) >= 11 is 0. The first kappa shape index (κ1) is 17.3. The molecule has 27 heavy (non-hydrogen) atoms. The van der Waals surface area contributed by atoms with Gasteiger partial charge in [-0.25, -0.2) is 9.69 Å². The lowest BCUT2D eigenvalue weighted by molar-refractivity contribution is -0.121. The van der Waals surface area contributed by atoms with Gasteiger partial charge in [0.2, 0.25) is 5.91 Å². The van der Waals surface area contributed by atoms with Gasteiger partial charge in [0.05, 0.1) is 24.3 Å². The number of imide groups is 1. The molecular weight excluding hydrogens is 344 g/mol. The molecule has 2 aromatic rings. The van der Waals surface area contributed by atoms with Crippen LogP contribution in [0.25, 0.3) is 0 Å². The Bertz CT molecular complexity index is 907. The molecule has 1 atom stereocenters. The van der Waals surface area contributed by atoms with E-state index >= 15 is 0 Å². The molecular formula is C21H20N2O4. The lowest BCUT2D eigenvalue weighted by Gasteiger charge is -2.25. The molecule has 0 N–H and O–H groups in total. The van der Waals surface area contributed by atoms with E-state index in [0.29, 0.717) is 17.9 Å². The van der Waals surface area contributed by atoms with Gasteiger partial charge in [-0.15, -0.1) is 0 Å². The zero-order valence-electron chi connectivity index (χ0n) is 15.1. The number of carbonyl (C=O) groups excluding carboxylic acids is 3. The van der Waals surface area contributed by atoms with Crippen molar-refractivity contribution in [1.82, 2.24) is 0 Å². The third kappa shape index (κ3) is 2.97. The van der Waals surface area contributed by atoms with Gasteiger partial charge in [0.1, 0.15) is 6.04 Å². The summed E-state index contributed by atoms with van der Waals surface area (Å²) in [6.45, 7) is 2.77. The first-order valence-electron chi connectivity index (χ1n) is 9.08. The highest BCUT2D eigenvalue weighted by Gasteiger charge is 2.44. The monoisotopic (exact) mass is 364 g/mol. The van der Waals surface area contributed by atoms with Crippen LogP contribution >= 0.6 is 0 Å². The van der Waals surface area contributed by atoms with E-state index in [1.54, 1.807) is 31.2 Å². The number of fused-ring (bicyclic) bond motifs is 1. The van der Waals surface area contributed by atoms with Crippen molar-refractivity contribution >= 4 is 29.2 Å². The van der Waals surface area contributed by atoms with Crippen LogP contribution in [-0.2, 0) is 20.7 Å². The first-order chi connectivity index (χ1) is 13.1. The van der Waals surface area contributed by atoms with E-state index in [1.165, 1.54) is 10.5 Å². The van der Waals surface area contributed by atoms with Gasteiger partial charge in [-0.05, 0) is 49.2 Å². The number of anilines is 2. The van der Waals surface area contributed by atoms with Gasteiger partial charge >= 0.3 is 5.97 Å². The van der Waals surface area contributed by atoms with Gasteiger partial charge in [0.25, 0.3) is 5.91 Å². The Morgan fingerprint density at radius 3 is 2.59 bits per heavy atom. The topological polar surface area (TPSA) is 66.9 Å². The molecule has 0 radical (unpaired) electrons. The summed E-state index contributed by atoms with van der Waals surface area (Å²) in [5, 5.41) is 0. The molecule has 0 spiro atoms. The lowest BCUT2D eigenvalue weighted by Crippen LogP contribution is -2.41. The maximum atomic E-state index is 13.0. The SMILES string of the molecule is CCOC(=O)c1ccc(N2C(=O)CC(N3CCc4ccccc43)C2=O)cc1. The highest BCUT2D eigenvalue weighted by molar-refractivity contribution is 6.23. The van der Waals surface area contributed by atoms with Crippen LogP contribution in [-0.4, -0.2) is 37.0 Å². The van der Waals surface area contributed by atoms with Crippen molar-refractivity contribution in [1.29, 1.82) is 0 Å². The van der Waals surface area contributed by atoms with E-state index in [0.717, 1.165) is 18.7 Å². The molecule has 6 heteroatoms. The van der Waals surface area contributed by atoms with Crippen LogP contribution in [0, 0.1) is 0 Å². The molecule has 0 aromatic heterocycles. The number of benzene rings is 2. The van der Waals surface area contributed by atoms with Crippen molar-refractivity contribution in [3.05, 3.63) is 59.7 Å². The maximum absolute atomic E-state index is 13.0. The summed E-state index contributed by atoms with van der Waals surface area (Å²) in [4.78, 5) is 40.6. The molecule has 1 fully saturated rings. The second kappa shape index (κ2) is 6.87. The average Bonchev–Trinajstić information content (AvgIpc) is 3.22. The largest absolute Gasteiger partial charge is 0.462 e. The van der Waals surface area contributed by atoms with E-state index in [-0.39, 0.29) is 18.2 Å². The Morgan fingerprint density at radius 2 is 1.85 bits per heavy atom. The quantitative estimate of drug-likeness (QED) is 0.616. The molecule has 6 nitrogen and oxygen atoms in total. The summed E-state index contributed by atoms with van der Waals surface area (Å²) in [5.74, 6) is -0.867. The lowest BCUT2D eigenvalue weighted by atomic mass is 10.1. The van der Waals surface area contributed by atoms with E-state index in [9.17, 15) is 14.4 Å². The number of esters is 1. The van der Waals surface area contributed by atoms with Crippen LogP contribution in [0.15, 0.2) is 48.5 Å². The normalized spacial score (nSPS) is 18.8. The zero-order chi connectivity index (χ0) is 19.0. The molecule has 0 aliphatic carbocycles. The number of hydrogen-bond acceptors (Lipinski definition) is 5. The van der Waals surface area contributed by atoms with Crippen LogP contribution in [0.4, 0.5) is 11.4 Å². The van der Waals surface area contributed by atoms with Gasteiger partial charge < -0.3 is 9.64 Å². The average molecular weight is 364 g/mol. The molecule has 2 aliphatic heterocycles. The van der Waals surface area contributed by atoms with Gasteiger partial charge in [0.15, 0.2) is 0 Å². The van der Waals surface area contributed by atoms with Crippen molar-refractivity contribution in [3.8, 4) is 0 Å². The molecule has 2 heterocycles. The van der Waals surface area contributed by atoms with E-state index < -0.39 is 12.0 Å². The minimum absolute atomic E-state index is 0.160. The van der Waals surface area contributed by atoms with Gasteiger partial charge in [-0.2, -0.15) is 0 Å². The third-order valence-corrected chi connectivity index (χ3v) is 5.06. The third-order valence-electron chi connectivity index (χ3n) is 5.06. The summed E-state index contributed by atoms with van der Waals surface area (Å²) in [6, 6.07) is 13.9. The summed E-state index contributed by atoms with van der Waals surface area (Å²) in [7, 11) is 0. The fourth-order valence-electron chi connectivity index (χ4n) is 3.78. The van der Waals surface area contributed by atoms with Gasteiger partial charge in [-0.1, -0.05) is 18.2 Å². The predicted octanol–water partition coefficient (Wildman–Crippen LogP) is 2.56. The number of ether oxygens (including phenoxy) is 1. The van der Waals surface area contributed by atoms with Crippen LogP contribution in [0.2, 0.25) is 0 Å². The smallest absolute Gasteiger partial charge is 0.338 e. The van der Waals surface area contributed by atoms with Crippen molar-refractivity contribution in [2.45, 2.75) is 25.8 Å². The number of amides is 2. The number of carbonyl (C=O) groups is 3. The Balaban J connectivity index is 1.56. The number of para-hydroxylation sites is 1. The maximum Gasteiger partial charge on any atom is 0.338 e. The zero-order valence-corrected chi connectivity index (χ0v) is 15.1. The van der Waals surface area contributed by atoms with Crippen LogP contribution in [0.1, 0.15) is 29.3 Å². The second-order valence-electron chi connectivity index (χ2n) is 6.63. The number of hydrogen-bond donors (Lipinski definition) is 0. The van der Waals surface area contributed by atoms with E-state index in [4.69, 9.17) is 4.74 Å². The Kier molecular flexibility index (Phi) is 4.39. The molecule has 2 amide bonds. The van der Waals surface area contributed by atoms with Crippen molar-refractivity contribution in [3.63, 3.8) is 0 Å². The first-order valence-corrected chi connectivity index (χ1v) is 9.08. The fraction of sp³-hybridized carbons (Fsp3) is 0.286. The molecule has 1 saturated heterocycles. The van der Waals surface area contributed by atoms with Gasteiger partial charge in [0, 0.05) is 12.2 Å². The van der Waals surface area contributed by atoms with Crippen molar-refractivity contribution in [2.24, 2.45) is 0 Å². The Hall–Kier alpha value is -3.15. The molecule has 0 bridgehead atoms. The molecule has 2 aliphatic rings. The second-order valence-corrected chi connectivity index (χ2v) is 6.63. The fourth-order valence-corrected chi connectivity index (χ4v) is 3.78. The summed E-state index contributed by atoms with van der Waals surface area (Å²) in [5.41, 5.74) is 3.11. The molecule has 1 unspecified atom stereocenters. The van der Waals surface area contributed by atoms with Crippen LogP contribution in [0.5, 0.6) is 0 Å². The molecule has 0 saturated carbocycles. The Morgan fingerprint density at radius 1 is 1.11 bits per heavy atom. The highest BCUT2D eigenvalue weighted by atomic mass is 16.5. The van der Waals surface area contributed by atoms with E-state index in [2.05, 4.69) is 6.07 Å². The summed E-state index contributed by atoms with van der Waals surface area (Å²) in [6.07, 6.45) is 1.04. The number of nitrogens with zero attached hydrogens (tertiary/aromatic N) is 2. The molecule has 4 rings (SSSR count). The molecule has 2 aromatic carbocycles. The van der Waals surface area contributed by atoms with Crippen LogP contribution in [0.3, 0.4) is 0 Å². The highest BCUT2D eigenvalue weighted by Crippen LogP contribution is 2.34. The Labute approximate surface area is 157 Å². The minimum atomic E-state index is -0.481. The number of rotatable bonds is 4. The van der Waals surface area contributed by atoms with E-state index in [1.807, 2.05) is 23.1 Å².